The lowest BCUT2D eigenvalue weighted by atomic mass is 10.1. The molecule has 33 heavy (non-hydrogen) atoms. The molecule has 1 atom stereocenters. The summed E-state index contributed by atoms with van der Waals surface area (Å²) in [5.74, 6) is -0.470. The zero-order valence-electron chi connectivity index (χ0n) is 18.5. The first-order valence-electron chi connectivity index (χ1n) is 10.1. The maximum absolute atomic E-state index is 13.1. The van der Waals surface area contributed by atoms with Crippen molar-refractivity contribution in [3.05, 3.63) is 83.9 Å². The van der Waals surface area contributed by atoms with Gasteiger partial charge in [0.2, 0.25) is 5.91 Å². The smallest absolute Gasteiger partial charge is 0.261 e. The van der Waals surface area contributed by atoms with E-state index < -0.39 is 15.9 Å². The van der Waals surface area contributed by atoms with Crippen LogP contribution in [0.5, 0.6) is 5.75 Å². The van der Waals surface area contributed by atoms with Gasteiger partial charge in [-0.1, -0.05) is 42.5 Å². The van der Waals surface area contributed by atoms with Crippen LogP contribution in [-0.4, -0.2) is 27.3 Å². The minimum atomic E-state index is -4.07. The number of para-hydroxylation sites is 1. The summed E-state index contributed by atoms with van der Waals surface area (Å²) in [5.41, 5.74) is 1.45. The molecule has 0 aromatic heterocycles. The maximum atomic E-state index is 13.1. The number of ether oxygens (including phenoxy) is 1. The van der Waals surface area contributed by atoms with E-state index in [9.17, 15) is 18.0 Å². The number of methoxy groups -OCH3 is 1. The topological polar surface area (TPSA) is 114 Å². The van der Waals surface area contributed by atoms with Crippen molar-refractivity contribution in [3.63, 3.8) is 0 Å². The predicted molar refractivity (Wildman–Crippen MR) is 127 cm³/mol. The Kier molecular flexibility index (Phi) is 7.34. The summed E-state index contributed by atoms with van der Waals surface area (Å²) < 4.78 is 33.8. The zero-order valence-corrected chi connectivity index (χ0v) is 19.3. The number of sulfonamides is 1. The molecule has 0 aliphatic rings. The van der Waals surface area contributed by atoms with Crippen molar-refractivity contribution in [2.75, 3.05) is 17.1 Å². The first-order valence-corrected chi connectivity index (χ1v) is 11.6. The standard InChI is InChI=1S/C24H25N3O5S/c1-16(18-9-5-4-6-10-18)25-24(29)20-11-7-8-12-21(20)27-33(30,31)19-13-14-23(32-3)22(15-19)26-17(2)28/h4-16,27H,1-3H3,(H,25,29)(H,26,28). The number of hydrogen-bond donors (Lipinski definition) is 3. The van der Waals surface area contributed by atoms with Crippen molar-refractivity contribution in [1.82, 2.24) is 5.32 Å². The van der Waals surface area contributed by atoms with E-state index in [0.717, 1.165) is 5.56 Å². The molecule has 3 rings (SSSR count). The second kappa shape index (κ2) is 10.2. The van der Waals surface area contributed by atoms with E-state index in [0.29, 0.717) is 5.75 Å². The summed E-state index contributed by atoms with van der Waals surface area (Å²) in [5, 5.41) is 5.43. The van der Waals surface area contributed by atoms with E-state index in [1.807, 2.05) is 37.3 Å². The molecule has 0 bridgehead atoms. The zero-order chi connectivity index (χ0) is 24.0. The van der Waals surface area contributed by atoms with Crippen LogP contribution in [0.4, 0.5) is 11.4 Å². The fourth-order valence-corrected chi connectivity index (χ4v) is 4.32. The molecule has 9 heteroatoms. The lowest BCUT2D eigenvalue weighted by Crippen LogP contribution is -2.28. The van der Waals surface area contributed by atoms with Crippen LogP contribution in [0, 0.1) is 0 Å². The molecule has 8 nitrogen and oxygen atoms in total. The quantitative estimate of drug-likeness (QED) is 0.464. The van der Waals surface area contributed by atoms with Crippen LogP contribution in [0.2, 0.25) is 0 Å². The lowest BCUT2D eigenvalue weighted by molar-refractivity contribution is -0.114. The summed E-state index contributed by atoms with van der Waals surface area (Å²) in [6.45, 7) is 3.16. The molecule has 3 aromatic rings. The predicted octanol–water partition coefficient (Wildman–Crippen LogP) is 3.95. The van der Waals surface area contributed by atoms with Crippen LogP contribution < -0.4 is 20.1 Å². The van der Waals surface area contributed by atoms with E-state index in [1.165, 1.54) is 38.3 Å². The molecular formula is C24H25N3O5S. The molecule has 0 heterocycles. The number of amides is 2. The molecule has 1 unspecified atom stereocenters. The Morgan fingerprint density at radius 1 is 0.909 bits per heavy atom. The molecule has 0 spiro atoms. The number of anilines is 2. The van der Waals surface area contributed by atoms with Crippen LogP contribution in [0.1, 0.15) is 35.8 Å². The van der Waals surface area contributed by atoms with Gasteiger partial charge in [-0.25, -0.2) is 8.42 Å². The van der Waals surface area contributed by atoms with Crippen molar-refractivity contribution >= 4 is 33.2 Å². The monoisotopic (exact) mass is 467 g/mol. The SMILES string of the molecule is COc1ccc(S(=O)(=O)Nc2ccccc2C(=O)NC(C)c2ccccc2)cc1NC(C)=O. The van der Waals surface area contributed by atoms with Gasteiger partial charge in [-0.15, -0.1) is 0 Å². The Morgan fingerprint density at radius 2 is 1.58 bits per heavy atom. The van der Waals surface area contributed by atoms with Crippen LogP contribution in [0.3, 0.4) is 0 Å². The van der Waals surface area contributed by atoms with E-state index in [1.54, 1.807) is 18.2 Å². The van der Waals surface area contributed by atoms with Gasteiger partial charge >= 0.3 is 0 Å². The number of carbonyl (C=O) groups is 2. The number of hydrogen-bond acceptors (Lipinski definition) is 5. The number of rotatable bonds is 8. The highest BCUT2D eigenvalue weighted by Crippen LogP contribution is 2.29. The van der Waals surface area contributed by atoms with Crippen LogP contribution in [0.15, 0.2) is 77.7 Å². The minimum absolute atomic E-state index is 0.0973. The normalized spacial score (nSPS) is 11.8. The van der Waals surface area contributed by atoms with E-state index in [-0.39, 0.29) is 33.8 Å². The van der Waals surface area contributed by atoms with Gasteiger partial charge in [-0.05, 0) is 42.8 Å². The Labute approximate surface area is 193 Å². The fourth-order valence-electron chi connectivity index (χ4n) is 3.21. The number of benzene rings is 3. The van der Waals surface area contributed by atoms with Crippen molar-refractivity contribution in [3.8, 4) is 5.75 Å². The fraction of sp³-hybridized carbons (Fsp3) is 0.167. The summed E-state index contributed by atoms with van der Waals surface area (Å²) in [4.78, 5) is 24.3. The summed E-state index contributed by atoms with van der Waals surface area (Å²) in [6, 6.07) is 19.6. The maximum Gasteiger partial charge on any atom is 0.261 e. The largest absolute Gasteiger partial charge is 0.495 e. The first-order chi connectivity index (χ1) is 15.7. The third-order valence-electron chi connectivity index (χ3n) is 4.86. The van der Waals surface area contributed by atoms with Crippen LogP contribution in [0.25, 0.3) is 0 Å². The Morgan fingerprint density at radius 3 is 2.24 bits per heavy atom. The highest BCUT2D eigenvalue weighted by atomic mass is 32.2. The third kappa shape index (κ3) is 5.89. The van der Waals surface area contributed by atoms with Gasteiger partial charge < -0.3 is 15.4 Å². The van der Waals surface area contributed by atoms with Gasteiger partial charge in [0, 0.05) is 6.92 Å². The second-order valence-corrected chi connectivity index (χ2v) is 8.98. The Bertz CT molecular complexity index is 1260. The molecule has 0 saturated carbocycles. The molecule has 0 fully saturated rings. The molecule has 3 aromatic carbocycles. The van der Waals surface area contributed by atoms with Crippen molar-refractivity contribution < 1.29 is 22.7 Å². The highest BCUT2D eigenvalue weighted by Gasteiger charge is 2.21. The average Bonchev–Trinajstić information content (AvgIpc) is 2.79. The molecule has 0 aliphatic carbocycles. The summed E-state index contributed by atoms with van der Waals surface area (Å²) >= 11 is 0. The highest BCUT2D eigenvalue weighted by molar-refractivity contribution is 7.92. The van der Waals surface area contributed by atoms with Gasteiger partial charge in [0.05, 0.1) is 35.0 Å². The van der Waals surface area contributed by atoms with Gasteiger partial charge in [0.1, 0.15) is 5.75 Å². The second-order valence-electron chi connectivity index (χ2n) is 7.30. The van der Waals surface area contributed by atoms with Gasteiger partial charge in [0.15, 0.2) is 0 Å². The van der Waals surface area contributed by atoms with Gasteiger partial charge in [0.25, 0.3) is 15.9 Å². The average molecular weight is 468 g/mol. The van der Waals surface area contributed by atoms with Crippen LogP contribution in [-0.2, 0) is 14.8 Å². The first kappa shape index (κ1) is 23.8. The van der Waals surface area contributed by atoms with Gasteiger partial charge in [-0.3, -0.25) is 14.3 Å². The Hall–Kier alpha value is -3.85. The van der Waals surface area contributed by atoms with Crippen molar-refractivity contribution in [2.45, 2.75) is 24.8 Å². The summed E-state index contributed by atoms with van der Waals surface area (Å²) in [7, 11) is -2.66. The molecule has 3 N–H and O–H groups in total. The molecule has 0 saturated heterocycles. The van der Waals surface area contributed by atoms with Crippen molar-refractivity contribution in [1.29, 1.82) is 0 Å². The molecule has 2 amide bonds. The van der Waals surface area contributed by atoms with Gasteiger partial charge in [-0.2, -0.15) is 0 Å². The molecular weight excluding hydrogens is 442 g/mol. The van der Waals surface area contributed by atoms with E-state index in [4.69, 9.17) is 4.74 Å². The number of nitrogens with one attached hydrogen (secondary N) is 3. The van der Waals surface area contributed by atoms with E-state index in [2.05, 4.69) is 15.4 Å². The number of carbonyl (C=O) groups excluding carboxylic acids is 2. The lowest BCUT2D eigenvalue weighted by Gasteiger charge is -2.17. The summed E-state index contributed by atoms with van der Waals surface area (Å²) in [6.07, 6.45) is 0. The van der Waals surface area contributed by atoms with E-state index >= 15 is 0 Å². The molecule has 0 aliphatic heterocycles. The molecule has 172 valence electrons. The Balaban J connectivity index is 1.87. The third-order valence-corrected chi connectivity index (χ3v) is 6.22. The van der Waals surface area contributed by atoms with Crippen molar-refractivity contribution in [2.24, 2.45) is 0 Å². The minimum Gasteiger partial charge on any atom is -0.495 e. The molecule has 0 radical (unpaired) electrons. The van der Waals surface area contributed by atoms with Crippen LogP contribution >= 0.6 is 0 Å².